The van der Waals surface area contributed by atoms with Crippen molar-refractivity contribution >= 4 is 0 Å². The molecule has 0 atom stereocenters. The maximum atomic E-state index is 8.61. The molecular weight excluding hydrogens is 340 g/mol. The SMILES string of the molecule is CC(C)CCCCCC/C=C\CCCCCCCCCC/C=C\C#CCCO. The highest BCUT2D eigenvalue weighted by atomic mass is 16.2. The van der Waals surface area contributed by atoms with Crippen LogP contribution < -0.4 is 0 Å². The first-order valence-electron chi connectivity index (χ1n) is 12.2. The van der Waals surface area contributed by atoms with Crippen molar-refractivity contribution in [3.8, 4) is 11.8 Å². The molecule has 0 saturated carbocycles. The Morgan fingerprint density at radius 3 is 1.61 bits per heavy atom. The average Bonchev–Trinajstić information content (AvgIpc) is 2.68. The molecule has 0 rings (SSSR count). The molecule has 0 aromatic heterocycles. The molecule has 1 heteroatoms. The summed E-state index contributed by atoms with van der Waals surface area (Å²) in [7, 11) is 0. The second kappa shape index (κ2) is 24.0. The maximum Gasteiger partial charge on any atom is 0.0540 e. The molecule has 0 aliphatic heterocycles. The summed E-state index contributed by atoms with van der Waals surface area (Å²) < 4.78 is 0. The van der Waals surface area contributed by atoms with E-state index in [0.29, 0.717) is 6.42 Å². The van der Waals surface area contributed by atoms with E-state index < -0.39 is 0 Å². The lowest BCUT2D eigenvalue weighted by Crippen LogP contribution is -1.86. The molecule has 0 amide bonds. The van der Waals surface area contributed by atoms with E-state index in [-0.39, 0.29) is 6.61 Å². The van der Waals surface area contributed by atoms with E-state index in [1.54, 1.807) is 0 Å². The quantitative estimate of drug-likeness (QED) is 0.134. The third-order valence-corrected chi connectivity index (χ3v) is 5.10. The van der Waals surface area contributed by atoms with E-state index in [1.165, 1.54) is 96.3 Å². The van der Waals surface area contributed by atoms with Crippen LogP contribution in [0.25, 0.3) is 0 Å². The summed E-state index contributed by atoms with van der Waals surface area (Å²) in [5, 5.41) is 8.61. The summed E-state index contributed by atoms with van der Waals surface area (Å²) in [6, 6.07) is 0. The minimum Gasteiger partial charge on any atom is -0.395 e. The van der Waals surface area contributed by atoms with Crippen LogP contribution >= 0.6 is 0 Å². The number of aliphatic hydroxyl groups excluding tert-OH is 1. The topological polar surface area (TPSA) is 20.2 Å². The van der Waals surface area contributed by atoms with Gasteiger partial charge < -0.3 is 5.11 Å². The highest BCUT2D eigenvalue weighted by molar-refractivity contribution is 5.14. The molecule has 0 aliphatic carbocycles. The predicted molar refractivity (Wildman–Crippen MR) is 126 cm³/mol. The zero-order chi connectivity index (χ0) is 20.5. The molecule has 1 N–H and O–H groups in total. The molecule has 0 aliphatic rings. The number of hydrogen-bond donors (Lipinski definition) is 1. The third kappa shape index (κ3) is 25.0. The van der Waals surface area contributed by atoms with Crippen LogP contribution in [0.5, 0.6) is 0 Å². The van der Waals surface area contributed by atoms with Crippen LogP contribution in [0.4, 0.5) is 0 Å². The van der Waals surface area contributed by atoms with Crippen molar-refractivity contribution in [2.45, 2.75) is 123 Å². The van der Waals surface area contributed by atoms with Gasteiger partial charge in [0.25, 0.3) is 0 Å². The van der Waals surface area contributed by atoms with Crippen molar-refractivity contribution < 1.29 is 5.11 Å². The minimum absolute atomic E-state index is 0.163. The highest BCUT2D eigenvalue weighted by Gasteiger charge is 1.94. The van der Waals surface area contributed by atoms with E-state index in [2.05, 4.69) is 43.9 Å². The first-order valence-corrected chi connectivity index (χ1v) is 12.2. The van der Waals surface area contributed by atoms with E-state index in [4.69, 9.17) is 5.11 Å². The zero-order valence-electron chi connectivity index (χ0n) is 19.1. The summed E-state index contributed by atoms with van der Waals surface area (Å²) in [6.07, 6.45) is 31.2. The van der Waals surface area contributed by atoms with Crippen LogP contribution in [0.15, 0.2) is 24.3 Å². The largest absolute Gasteiger partial charge is 0.395 e. The number of unbranched alkanes of at least 4 members (excludes halogenated alkanes) is 13. The maximum absolute atomic E-state index is 8.61. The lowest BCUT2D eigenvalue weighted by atomic mass is 10.0. The second-order valence-corrected chi connectivity index (χ2v) is 8.46. The molecule has 0 aromatic carbocycles. The van der Waals surface area contributed by atoms with Crippen LogP contribution in [0.3, 0.4) is 0 Å². The molecule has 0 heterocycles. The molecule has 0 radical (unpaired) electrons. The smallest absolute Gasteiger partial charge is 0.0540 e. The van der Waals surface area contributed by atoms with E-state index in [9.17, 15) is 0 Å². The molecule has 0 unspecified atom stereocenters. The summed E-state index contributed by atoms with van der Waals surface area (Å²) in [6.45, 7) is 4.81. The van der Waals surface area contributed by atoms with Crippen molar-refractivity contribution in [3.05, 3.63) is 24.3 Å². The molecule has 0 saturated heterocycles. The number of hydrogen-bond acceptors (Lipinski definition) is 1. The van der Waals surface area contributed by atoms with Crippen LogP contribution in [0.1, 0.15) is 123 Å². The van der Waals surface area contributed by atoms with Crippen LogP contribution in [-0.4, -0.2) is 11.7 Å². The van der Waals surface area contributed by atoms with Gasteiger partial charge in [0, 0.05) is 6.42 Å². The van der Waals surface area contributed by atoms with Gasteiger partial charge >= 0.3 is 0 Å². The Morgan fingerprint density at radius 1 is 0.643 bits per heavy atom. The molecule has 1 nitrogen and oxygen atoms in total. The van der Waals surface area contributed by atoms with Crippen LogP contribution in [0, 0.1) is 17.8 Å². The van der Waals surface area contributed by atoms with E-state index >= 15 is 0 Å². The van der Waals surface area contributed by atoms with E-state index in [1.807, 2.05) is 6.08 Å². The molecule has 162 valence electrons. The monoisotopic (exact) mass is 388 g/mol. The standard InChI is InChI=1S/C27H48O/c1-27(2)25-23-21-19-17-15-13-11-9-7-5-3-4-6-8-10-12-14-16-18-20-22-24-26-28/h11,13,16,18,27-28H,3-10,12,14-15,17,19,21,23-26H2,1-2H3/b13-11-,18-16-. The Labute approximate surface area is 177 Å². The van der Waals surface area contributed by atoms with Gasteiger partial charge in [0.1, 0.15) is 0 Å². The van der Waals surface area contributed by atoms with Gasteiger partial charge in [-0.3, -0.25) is 0 Å². The number of rotatable bonds is 19. The minimum atomic E-state index is 0.163. The molecule has 0 fully saturated rings. The number of allylic oxidation sites excluding steroid dienone is 4. The Balaban J connectivity index is 3.16. The first-order chi connectivity index (χ1) is 13.8. The lowest BCUT2D eigenvalue weighted by Gasteiger charge is -2.03. The number of aliphatic hydroxyl groups is 1. The van der Waals surface area contributed by atoms with Crippen LogP contribution in [-0.2, 0) is 0 Å². The van der Waals surface area contributed by atoms with Gasteiger partial charge in [-0.05, 0) is 50.5 Å². The average molecular weight is 389 g/mol. The van der Waals surface area contributed by atoms with Crippen molar-refractivity contribution in [2.75, 3.05) is 6.61 Å². The Hall–Kier alpha value is -1.00. The predicted octanol–water partition coefficient (Wildman–Crippen LogP) is 8.38. The molecule has 0 aromatic rings. The molecule has 0 spiro atoms. The fraction of sp³-hybridized carbons (Fsp3) is 0.778. The van der Waals surface area contributed by atoms with Crippen molar-refractivity contribution in [3.63, 3.8) is 0 Å². The fourth-order valence-electron chi connectivity index (χ4n) is 3.32. The molecule has 28 heavy (non-hydrogen) atoms. The summed E-state index contributed by atoms with van der Waals surface area (Å²) in [4.78, 5) is 0. The van der Waals surface area contributed by atoms with Crippen molar-refractivity contribution in [2.24, 2.45) is 5.92 Å². The summed E-state index contributed by atoms with van der Waals surface area (Å²) in [5.41, 5.74) is 0. The fourth-order valence-corrected chi connectivity index (χ4v) is 3.32. The van der Waals surface area contributed by atoms with Crippen LogP contribution in [0.2, 0.25) is 0 Å². The Bertz CT molecular complexity index is 408. The second-order valence-electron chi connectivity index (χ2n) is 8.46. The highest BCUT2D eigenvalue weighted by Crippen LogP contribution is 2.12. The van der Waals surface area contributed by atoms with Gasteiger partial charge in [-0.15, -0.1) is 0 Å². The molecule has 0 bridgehead atoms. The summed E-state index contributed by atoms with van der Waals surface area (Å²) >= 11 is 0. The lowest BCUT2D eigenvalue weighted by molar-refractivity contribution is 0.305. The Morgan fingerprint density at radius 2 is 1.11 bits per heavy atom. The summed E-state index contributed by atoms with van der Waals surface area (Å²) in [5.74, 6) is 6.73. The van der Waals surface area contributed by atoms with Crippen molar-refractivity contribution in [1.29, 1.82) is 0 Å². The first kappa shape index (κ1) is 27.0. The zero-order valence-corrected chi connectivity index (χ0v) is 19.1. The van der Waals surface area contributed by atoms with Gasteiger partial charge in [-0.25, -0.2) is 0 Å². The van der Waals surface area contributed by atoms with Gasteiger partial charge in [0.05, 0.1) is 6.61 Å². The Kier molecular flexibility index (Phi) is 23.2. The van der Waals surface area contributed by atoms with Gasteiger partial charge in [0.2, 0.25) is 0 Å². The normalized spacial score (nSPS) is 11.6. The van der Waals surface area contributed by atoms with Gasteiger partial charge in [-0.2, -0.15) is 0 Å². The molecular formula is C27H48O. The van der Waals surface area contributed by atoms with Crippen molar-refractivity contribution in [1.82, 2.24) is 0 Å². The van der Waals surface area contributed by atoms with Gasteiger partial charge in [-0.1, -0.05) is 108 Å². The van der Waals surface area contributed by atoms with E-state index in [0.717, 1.165) is 12.3 Å². The van der Waals surface area contributed by atoms with Gasteiger partial charge in [0.15, 0.2) is 0 Å². The third-order valence-electron chi connectivity index (χ3n) is 5.10.